The number of nitrogens with zero attached hydrogens (tertiary/aromatic N) is 2. The molecule has 0 aliphatic carbocycles. The van der Waals surface area contributed by atoms with Gasteiger partial charge in [-0.3, -0.25) is 4.79 Å². The third kappa shape index (κ3) is 3.59. The van der Waals surface area contributed by atoms with Gasteiger partial charge in [0.2, 0.25) is 0 Å². The SMILES string of the molecule is CCN1CCC2CCC(C1)N2C(=O)c1coc(CN)c1.Cl.Cl. The topological polar surface area (TPSA) is 62.7 Å². The van der Waals surface area contributed by atoms with Gasteiger partial charge in [-0.1, -0.05) is 6.92 Å². The van der Waals surface area contributed by atoms with Crippen LogP contribution in [0.4, 0.5) is 0 Å². The zero-order valence-corrected chi connectivity index (χ0v) is 14.5. The molecule has 2 aliphatic heterocycles. The van der Waals surface area contributed by atoms with Gasteiger partial charge in [-0.15, -0.1) is 24.8 Å². The van der Waals surface area contributed by atoms with E-state index in [-0.39, 0.29) is 30.7 Å². The minimum atomic E-state index is 0. The first-order valence-electron chi connectivity index (χ1n) is 7.55. The average Bonchev–Trinajstić information content (AvgIpc) is 3.02. The van der Waals surface area contributed by atoms with Crippen molar-refractivity contribution in [2.75, 3.05) is 19.6 Å². The Hall–Kier alpha value is -0.750. The number of nitrogens with two attached hydrogens (primary N) is 1. The lowest BCUT2D eigenvalue weighted by Gasteiger charge is -2.28. The Morgan fingerprint density at radius 1 is 1.32 bits per heavy atom. The van der Waals surface area contributed by atoms with Crippen LogP contribution in [0.2, 0.25) is 0 Å². The molecule has 2 N–H and O–H groups in total. The number of fused-ring (bicyclic) bond motifs is 2. The molecule has 2 saturated heterocycles. The predicted octanol–water partition coefficient (Wildman–Crippen LogP) is 2.28. The molecule has 2 atom stereocenters. The number of likely N-dealkylation sites (N-methyl/N-ethyl adjacent to an activating group) is 1. The number of likely N-dealkylation sites (tertiary alicyclic amines) is 1. The molecule has 0 radical (unpaired) electrons. The molecule has 22 heavy (non-hydrogen) atoms. The summed E-state index contributed by atoms with van der Waals surface area (Å²) in [6, 6.07) is 2.52. The van der Waals surface area contributed by atoms with E-state index in [0.29, 0.717) is 30.0 Å². The summed E-state index contributed by atoms with van der Waals surface area (Å²) in [5, 5.41) is 0. The van der Waals surface area contributed by atoms with Gasteiger partial charge in [0, 0.05) is 25.2 Å². The second-order valence-corrected chi connectivity index (χ2v) is 5.79. The average molecular weight is 350 g/mol. The first kappa shape index (κ1) is 19.3. The van der Waals surface area contributed by atoms with Crippen molar-refractivity contribution in [3.63, 3.8) is 0 Å². The molecule has 2 bridgehead atoms. The second-order valence-electron chi connectivity index (χ2n) is 5.79. The Labute approximate surface area is 144 Å². The number of rotatable bonds is 3. The molecule has 7 heteroatoms. The van der Waals surface area contributed by atoms with E-state index in [1.807, 2.05) is 0 Å². The van der Waals surface area contributed by atoms with E-state index in [2.05, 4.69) is 16.7 Å². The Bertz CT molecular complexity index is 495. The Balaban J connectivity index is 0.00000121. The molecule has 0 saturated carbocycles. The maximum Gasteiger partial charge on any atom is 0.257 e. The fourth-order valence-electron chi connectivity index (χ4n) is 3.51. The van der Waals surface area contributed by atoms with Crippen LogP contribution in [0.1, 0.15) is 42.3 Å². The van der Waals surface area contributed by atoms with Crippen molar-refractivity contribution in [2.24, 2.45) is 5.73 Å². The second kappa shape index (κ2) is 8.20. The van der Waals surface area contributed by atoms with Gasteiger partial charge in [0.15, 0.2) is 0 Å². The van der Waals surface area contributed by atoms with Gasteiger partial charge >= 0.3 is 0 Å². The first-order valence-corrected chi connectivity index (χ1v) is 7.55. The minimum Gasteiger partial charge on any atom is -0.467 e. The molecular weight excluding hydrogens is 325 g/mol. The standard InChI is InChI=1S/C15H23N3O2.2ClH/c1-2-17-6-5-12-3-4-13(9-17)18(12)15(19)11-7-14(8-16)20-10-11;;/h7,10,12-13H,2-6,8-9,16H2,1H3;2*1H. The van der Waals surface area contributed by atoms with Crippen LogP contribution in [0.25, 0.3) is 0 Å². The normalized spacial score (nSPS) is 24.4. The molecule has 1 amide bonds. The largest absolute Gasteiger partial charge is 0.467 e. The maximum absolute atomic E-state index is 12.7. The fourth-order valence-corrected chi connectivity index (χ4v) is 3.51. The highest BCUT2D eigenvalue weighted by atomic mass is 35.5. The zero-order valence-electron chi connectivity index (χ0n) is 12.9. The number of hydrogen-bond acceptors (Lipinski definition) is 4. The highest BCUT2D eigenvalue weighted by molar-refractivity contribution is 5.94. The highest BCUT2D eigenvalue weighted by Crippen LogP contribution is 2.31. The summed E-state index contributed by atoms with van der Waals surface area (Å²) < 4.78 is 5.31. The molecular formula is C15H25Cl2N3O2. The number of hydrogen-bond donors (Lipinski definition) is 1. The van der Waals surface area contributed by atoms with Gasteiger partial charge in [0.25, 0.3) is 5.91 Å². The Kier molecular flexibility index (Phi) is 7.19. The molecule has 3 heterocycles. The lowest BCUT2D eigenvalue weighted by atomic mass is 10.1. The van der Waals surface area contributed by atoms with Crippen LogP contribution >= 0.6 is 24.8 Å². The number of amides is 1. The molecule has 0 spiro atoms. The van der Waals surface area contributed by atoms with E-state index in [4.69, 9.17) is 10.2 Å². The van der Waals surface area contributed by atoms with E-state index in [1.54, 1.807) is 12.3 Å². The summed E-state index contributed by atoms with van der Waals surface area (Å²) >= 11 is 0. The van der Waals surface area contributed by atoms with Gasteiger partial charge in [-0.2, -0.15) is 0 Å². The van der Waals surface area contributed by atoms with E-state index < -0.39 is 0 Å². The summed E-state index contributed by atoms with van der Waals surface area (Å²) in [7, 11) is 0. The van der Waals surface area contributed by atoms with Gasteiger partial charge in [-0.05, 0) is 31.9 Å². The van der Waals surface area contributed by atoms with E-state index >= 15 is 0 Å². The summed E-state index contributed by atoms with van der Waals surface area (Å²) in [4.78, 5) is 17.3. The van der Waals surface area contributed by atoms with Gasteiger partial charge < -0.3 is 20.0 Å². The van der Waals surface area contributed by atoms with Gasteiger partial charge in [0.1, 0.15) is 12.0 Å². The maximum atomic E-state index is 12.7. The van der Waals surface area contributed by atoms with Gasteiger partial charge in [0.05, 0.1) is 12.1 Å². The van der Waals surface area contributed by atoms with Crippen LogP contribution in [-0.2, 0) is 6.54 Å². The highest BCUT2D eigenvalue weighted by Gasteiger charge is 2.40. The third-order valence-corrected chi connectivity index (χ3v) is 4.65. The molecule has 2 unspecified atom stereocenters. The molecule has 2 fully saturated rings. The van der Waals surface area contributed by atoms with Crippen molar-refractivity contribution in [2.45, 2.75) is 44.8 Å². The molecule has 1 aromatic heterocycles. The number of carbonyl (C=O) groups excluding carboxylic acids is 1. The molecule has 0 aromatic carbocycles. The molecule has 3 rings (SSSR count). The van der Waals surface area contributed by atoms with Crippen molar-refractivity contribution < 1.29 is 9.21 Å². The van der Waals surface area contributed by atoms with Crippen molar-refractivity contribution in [3.05, 3.63) is 23.7 Å². The predicted molar refractivity (Wildman–Crippen MR) is 90.8 cm³/mol. The molecule has 126 valence electrons. The van der Waals surface area contributed by atoms with E-state index in [0.717, 1.165) is 38.9 Å². The van der Waals surface area contributed by atoms with Crippen molar-refractivity contribution in [3.8, 4) is 0 Å². The Morgan fingerprint density at radius 2 is 2.05 bits per heavy atom. The van der Waals surface area contributed by atoms with Crippen LogP contribution < -0.4 is 5.73 Å². The number of halogens is 2. The summed E-state index contributed by atoms with van der Waals surface area (Å²) in [5.41, 5.74) is 6.19. The smallest absolute Gasteiger partial charge is 0.257 e. The van der Waals surface area contributed by atoms with Crippen molar-refractivity contribution in [1.82, 2.24) is 9.80 Å². The van der Waals surface area contributed by atoms with Gasteiger partial charge in [-0.25, -0.2) is 0 Å². The summed E-state index contributed by atoms with van der Waals surface area (Å²) in [6.07, 6.45) is 4.88. The molecule has 2 aliphatic rings. The van der Waals surface area contributed by atoms with Crippen LogP contribution in [0, 0.1) is 0 Å². The first-order chi connectivity index (χ1) is 9.72. The quantitative estimate of drug-likeness (QED) is 0.909. The molecule has 5 nitrogen and oxygen atoms in total. The number of furan rings is 1. The van der Waals surface area contributed by atoms with Crippen LogP contribution in [-0.4, -0.2) is 47.4 Å². The van der Waals surface area contributed by atoms with Crippen LogP contribution in [0.3, 0.4) is 0 Å². The fraction of sp³-hybridized carbons (Fsp3) is 0.667. The monoisotopic (exact) mass is 349 g/mol. The summed E-state index contributed by atoms with van der Waals surface area (Å²) in [5.74, 6) is 0.782. The minimum absolute atomic E-state index is 0. The lowest BCUT2D eigenvalue weighted by molar-refractivity contribution is 0.0670. The van der Waals surface area contributed by atoms with Crippen LogP contribution in [0.5, 0.6) is 0 Å². The van der Waals surface area contributed by atoms with Crippen molar-refractivity contribution in [1.29, 1.82) is 0 Å². The summed E-state index contributed by atoms with van der Waals surface area (Å²) in [6.45, 7) is 5.69. The third-order valence-electron chi connectivity index (χ3n) is 4.65. The van der Waals surface area contributed by atoms with E-state index in [9.17, 15) is 4.79 Å². The van der Waals surface area contributed by atoms with Crippen molar-refractivity contribution >= 4 is 30.7 Å². The Morgan fingerprint density at radius 3 is 2.68 bits per heavy atom. The van der Waals surface area contributed by atoms with E-state index in [1.165, 1.54) is 0 Å². The number of carbonyl (C=O) groups is 1. The lowest BCUT2D eigenvalue weighted by Crippen LogP contribution is -2.43. The van der Waals surface area contributed by atoms with Crippen LogP contribution in [0.15, 0.2) is 16.7 Å². The zero-order chi connectivity index (χ0) is 14.1. The molecule has 1 aromatic rings.